The number of benzene rings is 1. The second-order valence-corrected chi connectivity index (χ2v) is 3.87. The molecule has 110 valence electrons. The van der Waals surface area contributed by atoms with Crippen molar-refractivity contribution in [3.05, 3.63) is 35.4 Å². The van der Waals surface area contributed by atoms with Crippen molar-refractivity contribution in [2.75, 3.05) is 13.7 Å². The van der Waals surface area contributed by atoms with E-state index in [1.54, 1.807) is 6.92 Å². The molecule has 0 fully saturated rings. The first-order chi connectivity index (χ1) is 9.38. The monoisotopic (exact) mass is 288 g/mol. The zero-order valence-corrected chi connectivity index (χ0v) is 11.2. The zero-order valence-electron chi connectivity index (χ0n) is 11.2. The maximum absolute atomic E-state index is 12.5. The fourth-order valence-corrected chi connectivity index (χ4v) is 1.53. The lowest BCUT2D eigenvalue weighted by Gasteiger charge is -2.10. The molecule has 1 rings (SSSR count). The average molecular weight is 288 g/mol. The number of esters is 1. The van der Waals surface area contributed by atoms with Crippen LogP contribution in [-0.2, 0) is 15.7 Å². The van der Waals surface area contributed by atoms with Crippen LogP contribution in [0, 0.1) is 0 Å². The summed E-state index contributed by atoms with van der Waals surface area (Å²) in [5.41, 5.74) is -0.318. The van der Waals surface area contributed by atoms with E-state index in [9.17, 15) is 18.0 Å². The van der Waals surface area contributed by atoms with Gasteiger partial charge < -0.3 is 9.47 Å². The third-order valence-corrected chi connectivity index (χ3v) is 2.45. The van der Waals surface area contributed by atoms with Crippen LogP contribution in [0.2, 0.25) is 0 Å². The van der Waals surface area contributed by atoms with Crippen LogP contribution in [0.15, 0.2) is 24.3 Å². The molecule has 0 amide bonds. The van der Waals surface area contributed by atoms with Gasteiger partial charge in [-0.05, 0) is 19.1 Å². The summed E-state index contributed by atoms with van der Waals surface area (Å²) in [4.78, 5) is 11.1. The van der Waals surface area contributed by atoms with Crippen molar-refractivity contribution in [3.63, 3.8) is 0 Å². The average Bonchev–Trinajstić information content (AvgIpc) is 2.38. The van der Waals surface area contributed by atoms with E-state index in [0.717, 1.165) is 12.1 Å². The van der Waals surface area contributed by atoms with E-state index in [2.05, 4.69) is 0 Å². The van der Waals surface area contributed by atoms with Gasteiger partial charge in [-0.25, -0.2) is 0 Å². The Morgan fingerprint density at radius 2 is 2.05 bits per heavy atom. The van der Waals surface area contributed by atoms with Gasteiger partial charge in [0.15, 0.2) is 0 Å². The Morgan fingerprint density at radius 3 is 2.60 bits per heavy atom. The number of hydrogen-bond acceptors (Lipinski definition) is 3. The highest BCUT2D eigenvalue weighted by Crippen LogP contribution is 2.33. The predicted molar refractivity (Wildman–Crippen MR) is 68.3 cm³/mol. The van der Waals surface area contributed by atoms with E-state index in [4.69, 9.17) is 9.47 Å². The summed E-state index contributed by atoms with van der Waals surface area (Å²) in [6.07, 6.45) is -1.32. The van der Waals surface area contributed by atoms with Gasteiger partial charge in [0.1, 0.15) is 5.75 Å². The SMILES string of the molecule is CCOC(=O)CC=Cc1ccc(C(F)(F)F)cc1OC. The highest BCUT2D eigenvalue weighted by atomic mass is 19.4. The van der Waals surface area contributed by atoms with Crippen molar-refractivity contribution in [3.8, 4) is 5.75 Å². The summed E-state index contributed by atoms with van der Waals surface area (Å²) in [5, 5.41) is 0. The van der Waals surface area contributed by atoms with Crippen molar-refractivity contribution in [2.45, 2.75) is 19.5 Å². The Kier molecular flexibility index (Phi) is 5.61. The largest absolute Gasteiger partial charge is 0.496 e. The molecular weight excluding hydrogens is 273 g/mol. The third kappa shape index (κ3) is 4.60. The highest BCUT2D eigenvalue weighted by molar-refractivity contribution is 5.73. The van der Waals surface area contributed by atoms with Gasteiger partial charge in [0.2, 0.25) is 0 Å². The van der Waals surface area contributed by atoms with E-state index in [1.807, 2.05) is 0 Å². The van der Waals surface area contributed by atoms with Crippen LogP contribution in [-0.4, -0.2) is 19.7 Å². The molecule has 0 saturated carbocycles. The summed E-state index contributed by atoms with van der Waals surface area (Å²) >= 11 is 0. The maximum atomic E-state index is 12.5. The van der Waals surface area contributed by atoms with Gasteiger partial charge >= 0.3 is 12.1 Å². The van der Waals surface area contributed by atoms with Gasteiger partial charge in [-0.2, -0.15) is 13.2 Å². The minimum absolute atomic E-state index is 0.0536. The molecule has 0 aliphatic heterocycles. The van der Waals surface area contributed by atoms with Gasteiger partial charge in [-0.15, -0.1) is 0 Å². The Bertz CT molecular complexity index is 493. The second-order valence-electron chi connectivity index (χ2n) is 3.87. The molecule has 0 heterocycles. The lowest BCUT2D eigenvalue weighted by molar-refractivity contribution is -0.142. The fraction of sp³-hybridized carbons (Fsp3) is 0.357. The minimum atomic E-state index is -4.42. The number of methoxy groups -OCH3 is 1. The number of rotatable bonds is 5. The molecule has 1 aromatic carbocycles. The van der Waals surface area contributed by atoms with E-state index >= 15 is 0 Å². The van der Waals surface area contributed by atoms with Crippen LogP contribution < -0.4 is 4.74 Å². The summed E-state index contributed by atoms with van der Waals surface area (Å²) in [5.74, 6) is -0.297. The van der Waals surface area contributed by atoms with Crippen LogP contribution in [0.25, 0.3) is 6.08 Å². The van der Waals surface area contributed by atoms with Gasteiger partial charge in [0.05, 0.1) is 25.7 Å². The number of hydrogen-bond donors (Lipinski definition) is 0. The summed E-state index contributed by atoms with van der Waals surface area (Å²) < 4.78 is 47.3. The van der Waals surface area contributed by atoms with Crippen molar-refractivity contribution in [1.29, 1.82) is 0 Å². The van der Waals surface area contributed by atoms with Crippen molar-refractivity contribution < 1.29 is 27.4 Å². The van der Waals surface area contributed by atoms with Crippen molar-refractivity contribution >= 4 is 12.0 Å². The molecule has 6 heteroatoms. The van der Waals surface area contributed by atoms with Crippen LogP contribution in [0.4, 0.5) is 13.2 Å². The van der Waals surface area contributed by atoms with Crippen molar-refractivity contribution in [1.82, 2.24) is 0 Å². The first-order valence-corrected chi connectivity index (χ1v) is 5.96. The molecule has 0 aromatic heterocycles. The molecule has 0 radical (unpaired) electrons. The van der Waals surface area contributed by atoms with E-state index in [1.165, 1.54) is 25.3 Å². The van der Waals surface area contributed by atoms with E-state index < -0.39 is 17.7 Å². The first kappa shape index (κ1) is 16.1. The van der Waals surface area contributed by atoms with Crippen LogP contribution >= 0.6 is 0 Å². The number of ether oxygens (including phenoxy) is 2. The number of carbonyl (C=O) groups is 1. The molecule has 0 bridgehead atoms. The van der Waals surface area contributed by atoms with Crippen molar-refractivity contribution in [2.24, 2.45) is 0 Å². The van der Waals surface area contributed by atoms with E-state index in [0.29, 0.717) is 5.56 Å². The normalized spacial score (nSPS) is 11.7. The summed E-state index contributed by atoms with van der Waals surface area (Å²) in [6.45, 7) is 1.98. The highest BCUT2D eigenvalue weighted by Gasteiger charge is 2.31. The Labute approximate surface area is 115 Å². The number of halogens is 3. The van der Waals surface area contributed by atoms with Crippen LogP contribution in [0.3, 0.4) is 0 Å². The second kappa shape index (κ2) is 6.98. The standard InChI is InChI=1S/C14H15F3O3/c1-3-20-13(18)6-4-5-10-7-8-11(14(15,16)17)9-12(10)19-2/h4-5,7-9H,3,6H2,1-2H3. The Hall–Kier alpha value is -1.98. The van der Waals surface area contributed by atoms with Gasteiger partial charge in [0.25, 0.3) is 0 Å². The smallest absolute Gasteiger partial charge is 0.416 e. The molecule has 0 aliphatic rings. The number of carbonyl (C=O) groups excluding carboxylic acids is 1. The fourth-order valence-electron chi connectivity index (χ4n) is 1.53. The van der Waals surface area contributed by atoms with Gasteiger partial charge in [-0.1, -0.05) is 18.2 Å². The lowest BCUT2D eigenvalue weighted by Crippen LogP contribution is -2.05. The quantitative estimate of drug-likeness (QED) is 0.775. The third-order valence-electron chi connectivity index (χ3n) is 2.45. The maximum Gasteiger partial charge on any atom is 0.416 e. The van der Waals surface area contributed by atoms with Crippen LogP contribution in [0.5, 0.6) is 5.75 Å². The molecule has 0 unspecified atom stereocenters. The lowest BCUT2D eigenvalue weighted by atomic mass is 10.1. The number of alkyl halides is 3. The van der Waals surface area contributed by atoms with Gasteiger partial charge in [-0.3, -0.25) is 4.79 Å². The molecule has 20 heavy (non-hydrogen) atoms. The molecule has 0 atom stereocenters. The van der Waals surface area contributed by atoms with E-state index in [-0.39, 0.29) is 18.8 Å². The van der Waals surface area contributed by atoms with Crippen LogP contribution in [0.1, 0.15) is 24.5 Å². The zero-order chi connectivity index (χ0) is 15.2. The molecule has 0 aliphatic carbocycles. The summed E-state index contributed by atoms with van der Waals surface area (Å²) in [6, 6.07) is 3.18. The summed E-state index contributed by atoms with van der Waals surface area (Å²) in [7, 11) is 1.29. The molecule has 0 N–H and O–H groups in total. The predicted octanol–water partition coefficient (Wildman–Crippen LogP) is 3.68. The molecular formula is C14H15F3O3. The first-order valence-electron chi connectivity index (χ1n) is 5.96. The molecule has 0 spiro atoms. The molecule has 0 saturated heterocycles. The Balaban J connectivity index is 2.86. The topological polar surface area (TPSA) is 35.5 Å². The minimum Gasteiger partial charge on any atom is -0.496 e. The van der Waals surface area contributed by atoms with Gasteiger partial charge in [0, 0.05) is 5.56 Å². The Morgan fingerprint density at radius 1 is 1.35 bits per heavy atom. The molecule has 3 nitrogen and oxygen atoms in total. The molecule has 1 aromatic rings.